The van der Waals surface area contributed by atoms with E-state index in [0.29, 0.717) is 42.1 Å². The molecule has 32 heavy (non-hydrogen) atoms. The molecule has 2 aromatic carbocycles. The summed E-state index contributed by atoms with van der Waals surface area (Å²) in [4.78, 5) is 25.9. The minimum Gasteiger partial charge on any atom is -0.324 e. The summed E-state index contributed by atoms with van der Waals surface area (Å²) < 4.78 is 26.2. The van der Waals surface area contributed by atoms with Gasteiger partial charge < -0.3 is 10.2 Å². The fraction of sp³-hybridized carbons (Fsp3) is 0.250. The largest absolute Gasteiger partial charge is 0.324 e. The number of nitrogens with zero attached hydrogens (tertiary/aromatic N) is 1. The van der Waals surface area contributed by atoms with Crippen molar-refractivity contribution in [3.63, 3.8) is 0 Å². The summed E-state index contributed by atoms with van der Waals surface area (Å²) in [6, 6.07) is 15.5. The van der Waals surface area contributed by atoms with Crippen molar-refractivity contribution in [1.29, 1.82) is 0 Å². The predicted octanol–water partition coefficient (Wildman–Crippen LogP) is 5.09. The van der Waals surface area contributed by atoms with Gasteiger partial charge in [0.05, 0.1) is 10.1 Å². The number of carbonyl (C=O) groups is 2. The van der Waals surface area contributed by atoms with Crippen molar-refractivity contribution in [2.75, 3.05) is 18.4 Å². The molecule has 0 bridgehead atoms. The summed E-state index contributed by atoms with van der Waals surface area (Å²) in [7, 11) is -3.46. The fourth-order valence-corrected chi connectivity index (χ4v) is 6.21. The van der Waals surface area contributed by atoms with Crippen molar-refractivity contribution in [2.45, 2.75) is 29.9 Å². The zero-order valence-corrected chi connectivity index (χ0v) is 19.3. The molecule has 166 valence electrons. The maximum absolute atomic E-state index is 13.1. The Morgan fingerprint density at radius 3 is 2.16 bits per heavy atom. The number of rotatable bonds is 5. The van der Waals surface area contributed by atoms with Crippen LogP contribution in [0.3, 0.4) is 0 Å². The van der Waals surface area contributed by atoms with E-state index in [1.54, 1.807) is 52.6 Å². The topological polar surface area (TPSA) is 83.6 Å². The molecule has 0 aliphatic carbocycles. The molecule has 1 aromatic heterocycles. The van der Waals surface area contributed by atoms with Gasteiger partial charge in [-0.3, -0.25) is 4.79 Å². The van der Waals surface area contributed by atoms with Gasteiger partial charge in [-0.15, -0.1) is 0 Å². The Kier molecular flexibility index (Phi) is 6.43. The molecule has 1 aliphatic rings. The van der Waals surface area contributed by atoms with Crippen molar-refractivity contribution < 1.29 is 18.0 Å². The van der Waals surface area contributed by atoms with E-state index in [9.17, 15) is 18.0 Å². The maximum Gasteiger partial charge on any atom is 0.321 e. The zero-order valence-electron chi connectivity index (χ0n) is 17.7. The highest BCUT2D eigenvalue weighted by Crippen LogP contribution is 2.28. The van der Waals surface area contributed by atoms with E-state index < -0.39 is 15.1 Å². The van der Waals surface area contributed by atoms with E-state index in [0.717, 1.165) is 11.1 Å². The second kappa shape index (κ2) is 9.26. The minimum atomic E-state index is -3.46. The number of ketones is 1. The number of carbonyl (C=O) groups excluding carboxylic acids is 2. The quantitative estimate of drug-likeness (QED) is 0.529. The highest BCUT2D eigenvalue weighted by atomic mass is 32.2. The summed E-state index contributed by atoms with van der Waals surface area (Å²) in [5.74, 6) is -0.0349. The Morgan fingerprint density at radius 2 is 1.59 bits per heavy atom. The minimum absolute atomic E-state index is 0.0349. The molecule has 1 saturated heterocycles. The lowest BCUT2D eigenvalue weighted by Crippen LogP contribution is -2.44. The number of hydrogen-bond donors (Lipinski definition) is 1. The molecule has 0 saturated carbocycles. The third-order valence-electron chi connectivity index (χ3n) is 5.75. The second-order valence-electron chi connectivity index (χ2n) is 7.83. The van der Waals surface area contributed by atoms with Crippen LogP contribution in [-0.4, -0.2) is 43.5 Å². The molecule has 2 amide bonds. The molecule has 0 radical (unpaired) electrons. The Morgan fingerprint density at radius 1 is 0.938 bits per heavy atom. The molecule has 1 N–H and O–H groups in total. The first-order valence-electron chi connectivity index (χ1n) is 10.4. The number of nitrogens with one attached hydrogen (secondary N) is 1. The number of benzene rings is 2. The average Bonchev–Trinajstić information content (AvgIpc) is 3.35. The lowest BCUT2D eigenvalue weighted by Gasteiger charge is -2.31. The average molecular weight is 469 g/mol. The lowest BCUT2D eigenvalue weighted by atomic mass is 10.1. The van der Waals surface area contributed by atoms with Crippen LogP contribution in [0.15, 0.2) is 70.3 Å². The zero-order chi connectivity index (χ0) is 22.7. The highest BCUT2D eigenvalue weighted by molar-refractivity contribution is 7.92. The predicted molar refractivity (Wildman–Crippen MR) is 127 cm³/mol. The normalized spacial score (nSPS) is 14.8. The van der Waals surface area contributed by atoms with Crippen LogP contribution in [0.2, 0.25) is 0 Å². The van der Waals surface area contributed by atoms with E-state index in [4.69, 9.17) is 0 Å². The van der Waals surface area contributed by atoms with Gasteiger partial charge in [0.15, 0.2) is 15.6 Å². The molecular weight excluding hydrogens is 444 g/mol. The summed E-state index contributed by atoms with van der Waals surface area (Å²) in [6.45, 7) is 2.23. The van der Waals surface area contributed by atoms with Gasteiger partial charge in [0.1, 0.15) is 0 Å². The van der Waals surface area contributed by atoms with Crippen LogP contribution in [0, 0.1) is 0 Å². The molecule has 4 rings (SSSR count). The van der Waals surface area contributed by atoms with Gasteiger partial charge in [-0.05, 0) is 84.1 Å². The molecule has 1 aliphatic heterocycles. The van der Waals surface area contributed by atoms with Crippen LogP contribution in [0.25, 0.3) is 11.1 Å². The van der Waals surface area contributed by atoms with Crippen LogP contribution in [-0.2, 0) is 9.84 Å². The molecular formula is C24H24N2O4S2. The van der Waals surface area contributed by atoms with Crippen LogP contribution < -0.4 is 5.32 Å². The molecule has 3 aromatic rings. The number of hydrogen-bond acceptors (Lipinski definition) is 5. The van der Waals surface area contributed by atoms with Gasteiger partial charge in [-0.2, -0.15) is 11.3 Å². The van der Waals surface area contributed by atoms with Crippen molar-refractivity contribution in [2.24, 2.45) is 0 Å². The van der Waals surface area contributed by atoms with Crippen LogP contribution >= 0.6 is 11.3 Å². The van der Waals surface area contributed by atoms with E-state index in [2.05, 4.69) is 5.32 Å². The number of thiophene rings is 1. The first kappa shape index (κ1) is 22.2. The molecule has 0 spiro atoms. The van der Waals surface area contributed by atoms with Gasteiger partial charge in [0.2, 0.25) is 0 Å². The first-order chi connectivity index (χ1) is 15.3. The Bertz CT molecular complexity index is 1190. The molecule has 0 atom stereocenters. The summed E-state index contributed by atoms with van der Waals surface area (Å²) in [5, 5.41) is 6.32. The monoisotopic (exact) mass is 468 g/mol. The smallest absolute Gasteiger partial charge is 0.321 e. The standard InChI is InChI=1S/C24H24N2O4S2/c1-17(27)18-2-6-21(7-3-18)25-24(28)26-13-10-23(11-14-26)32(29,30)22-8-4-19(5-9-22)20-12-15-31-16-20/h2-9,12,15-16,23H,10-11,13-14H2,1H3,(H,25,28). The lowest BCUT2D eigenvalue weighted by molar-refractivity contribution is 0.101. The Labute approximate surface area is 191 Å². The SMILES string of the molecule is CC(=O)c1ccc(NC(=O)N2CCC(S(=O)(=O)c3ccc(-c4ccsc4)cc3)CC2)cc1. The van der Waals surface area contributed by atoms with Gasteiger partial charge in [-0.25, -0.2) is 13.2 Å². The van der Waals surface area contributed by atoms with Gasteiger partial charge in [-0.1, -0.05) is 12.1 Å². The number of amides is 2. The molecule has 8 heteroatoms. The third-order valence-corrected chi connectivity index (χ3v) is 8.71. The molecule has 2 heterocycles. The number of likely N-dealkylation sites (tertiary alicyclic amines) is 1. The van der Waals surface area contributed by atoms with E-state index in [-0.39, 0.29) is 11.8 Å². The molecule has 6 nitrogen and oxygen atoms in total. The third kappa shape index (κ3) is 4.76. The van der Waals surface area contributed by atoms with Crippen molar-refractivity contribution in [3.05, 3.63) is 70.9 Å². The Hall–Kier alpha value is -2.97. The number of anilines is 1. The second-order valence-corrected chi connectivity index (χ2v) is 10.8. The van der Waals surface area contributed by atoms with Crippen LogP contribution in [0.1, 0.15) is 30.1 Å². The number of urea groups is 1. The van der Waals surface area contributed by atoms with E-state index >= 15 is 0 Å². The van der Waals surface area contributed by atoms with Crippen LogP contribution in [0.5, 0.6) is 0 Å². The van der Waals surface area contributed by atoms with E-state index in [1.165, 1.54) is 6.92 Å². The van der Waals surface area contributed by atoms with Gasteiger partial charge >= 0.3 is 6.03 Å². The van der Waals surface area contributed by atoms with E-state index in [1.807, 2.05) is 29.0 Å². The summed E-state index contributed by atoms with van der Waals surface area (Å²) in [5.41, 5.74) is 3.25. The highest BCUT2D eigenvalue weighted by Gasteiger charge is 2.32. The maximum atomic E-state index is 13.1. The van der Waals surface area contributed by atoms with Crippen molar-refractivity contribution in [3.8, 4) is 11.1 Å². The summed E-state index contributed by atoms with van der Waals surface area (Å²) in [6.07, 6.45) is 0.788. The van der Waals surface area contributed by atoms with Crippen LogP contribution in [0.4, 0.5) is 10.5 Å². The summed E-state index contributed by atoms with van der Waals surface area (Å²) >= 11 is 1.60. The Balaban J connectivity index is 1.36. The number of piperidine rings is 1. The molecule has 1 fully saturated rings. The van der Waals surface area contributed by atoms with Crippen molar-refractivity contribution in [1.82, 2.24) is 4.90 Å². The fourth-order valence-electron chi connectivity index (χ4n) is 3.82. The number of Topliss-reactive ketones (excluding diaryl/α,β-unsaturated/α-hetero) is 1. The van der Waals surface area contributed by atoms with Crippen molar-refractivity contribution >= 4 is 38.7 Å². The first-order valence-corrected chi connectivity index (χ1v) is 12.9. The van der Waals surface area contributed by atoms with Gasteiger partial charge in [0.25, 0.3) is 0 Å². The number of sulfone groups is 1. The van der Waals surface area contributed by atoms with Gasteiger partial charge in [0, 0.05) is 24.3 Å². The molecule has 0 unspecified atom stereocenters.